The van der Waals surface area contributed by atoms with Crippen LogP contribution >= 0.6 is 45.2 Å². The van der Waals surface area contributed by atoms with Crippen molar-refractivity contribution in [2.24, 2.45) is 0 Å². The van der Waals surface area contributed by atoms with Gasteiger partial charge < -0.3 is 4.74 Å². The molecule has 0 unspecified atom stereocenters. The highest BCUT2D eigenvalue weighted by atomic mass is 127. The van der Waals surface area contributed by atoms with E-state index in [-0.39, 0.29) is 12.4 Å². The first-order chi connectivity index (χ1) is 14.0. The molecule has 6 heteroatoms. The van der Waals surface area contributed by atoms with Crippen molar-refractivity contribution in [3.63, 3.8) is 0 Å². The van der Waals surface area contributed by atoms with Crippen LogP contribution in [0.1, 0.15) is 22.3 Å². The van der Waals surface area contributed by atoms with Gasteiger partial charge in [-0.15, -0.1) is 0 Å². The number of rotatable bonds is 5. The van der Waals surface area contributed by atoms with Gasteiger partial charge in [-0.3, -0.25) is 0 Å². The van der Waals surface area contributed by atoms with E-state index in [1.807, 2.05) is 30.3 Å². The van der Waals surface area contributed by atoms with E-state index in [0.29, 0.717) is 16.7 Å². The summed E-state index contributed by atoms with van der Waals surface area (Å²) >= 11 is 4.37. The molecule has 0 heterocycles. The Morgan fingerprint density at radius 2 is 1.72 bits per heavy atom. The van der Waals surface area contributed by atoms with E-state index in [1.165, 1.54) is 12.1 Å². The van der Waals surface area contributed by atoms with Gasteiger partial charge in [-0.05, 0) is 92.7 Å². The summed E-state index contributed by atoms with van der Waals surface area (Å²) in [5, 5.41) is 18.7. The van der Waals surface area contributed by atoms with Crippen molar-refractivity contribution in [3.8, 4) is 17.9 Å². The van der Waals surface area contributed by atoms with Gasteiger partial charge in [0.1, 0.15) is 18.2 Å². The molecule has 0 spiro atoms. The number of ether oxygens (including phenoxy) is 1. The van der Waals surface area contributed by atoms with Gasteiger partial charge in [-0.2, -0.15) is 10.5 Å². The average molecular weight is 606 g/mol. The molecule has 0 N–H and O–H groups in total. The summed E-state index contributed by atoms with van der Waals surface area (Å²) in [7, 11) is 0. The molecule has 0 bridgehead atoms. The number of hydrogen-bond acceptors (Lipinski definition) is 3. The molecule has 29 heavy (non-hydrogen) atoms. The third-order valence-corrected chi connectivity index (χ3v) is 5.70. The van der Waals surface area contributed by atoms with Crippen LogP contribution in [-0.2, 0) is 6.61 Å². The van der Waals surface area contributed by atoms with E-state index in [4.69, 9.17) is 4.74 Å². The second-order valence-electron chi connectivity index (χ2n) is 6.05. The fraction of sp³-hybridized carbons (Fsp3) is 0.0435. The van der Waals surface area contributed by atoms with E-state index >= 15 is 0 Å². The fourth-order valence-electron chi connectivity index (χ4n) is 2.71. The fourth-order valence-corrected chi connectivity index (χ4v) is 4.84. The molecule has 0 fully saturated rings. The molecule has 3 nitrogen and oxygen atoms in total. The maximum atomic E-state index is 13.5. The lowest BCUT2D eigenvalue weighted by Gasteiger charge is -2.12. The highest BCUT2D eigenvalue weighted by molar-refractivity contribution is 14.1. The van der Waals surface area contributed by atoms with E-state index in [1.54, 1.807) is 24.3 Å². The maximum Gasteiger partial charge on any atom is 0.146 e. The Labute approximate surface area is 195 Å². The van der Waals surface area contributed by atoms with E-state index < -0.39 is 0 Å². The van der Waals surface area contributed by atoms with Crippen LogP contribution < -0.4 is 4.74 Å². The van der Waals surface area contributed by atoms with Gasteiger partial charge in [-0.1, -0.05) is 30.3 Å². The van der Waals surface area contributed by atoms with Gasteiger partial charge >= 0.3 is 0 Å². The van der Waals surface area contributed by atoms with E-state index in [0.717, 1.165) is 24.0 Å². The Morgan fingerprint density at radius 3 is 2.38 bits per heavy atom. The Bertz CT molecular complexity index is 1150. The summed E-state index contributed by atoms with van der Waals surface area (Å²) in [5.74, 6) is 0.342. The van der Waals surface area contributed by atoms with Crippen molar-refractivity contribution in [2.75, 3.05) is 0 Å². The lowest BCUT2D eigenvalue weighted by molar-refractivity contribution is 0.301. The summed E-state index contributed by atoms with van der Waals surface area (Å²) in [5.41, 5.74) is 3.15. The molecule has 0 radical (unpaired) electrons. The number of allylic oxidation sites excluding steroid dienone is 1. The maximum absolute atomic E-state index is 13.5. The lowest BCUT2D eigenvalue weighted by Crippen LogP contribution is -2.01. The van der Waals surface area contributed by atoms with Gasteiger partial charge in [0, 0.05) is 5.56 Å². The molecule has 0 saturated heterocycles. The first-order valence-corrected chi connectivity index (χ1v) is 10.6. The zero-order valence-electron chi connectivity index (χ0n) is 15.0. The van der Waals surface area contributed by atoms with Gasteiger partial charge in [0.15, 0.2) is 0 Å². The predicted molar refractivity (Wildman–Crippen MR) is 127 cm³/mol. The van der Waals surface area contributed by atoms with E-state index in [9.17, 15) is 14.9 Å². The minimum atomic E-state index is -0.380. The lowest BCUT2D eigenvalue weighted by atomic mass is 10.0. The van der Waals surface area contributed by atoms with Crippen LogP contribution in [0.2, 0.25) is 0 Å². The molecule has 0 amide bonds. The average Bonchev–Trinajstić information content (AvgIpc) is 2.71. The molecule has 0 aliphatic carbocycles. The number of nitrogens with zero attached hydrogens (tertiary/aromatic N) is 2. The third kappa shape index (κ3) is 5.34. The minimum absolute atomic E-state index is 0.289. The van der Waals surface area contributed by atoms with Crippen LogP contribution in [0.25, 0.3) is 11.6 Å². The molecule has 0 aliphatic rings. The second-order valence-corrected chi connectivity index (χ2v) is 8.38. The highest BCUT2D eigenvalue weighted by Crippen LogP contribution is 2.31. The van der Waals surface area contributed by atoms with Crippen LogP contribution in [0.3, 0.4) is 0 Å². The Hall–Kier alpha value is -2.43. The molecule has 142 valence electrons. The quantitative estimate of drug-likeness (QED) is 0.188. The first kappa shape index (κ1) is 21.3. The smallest absolute Gasteiger partial charge is 0.146 e. The zero-order valence-corrected chi connectivity index (χ0v) is 19.3. The summed E-state index contributed by atoms with van der Waals surface area (Å²) in [6.45, 7) is 0.289. The summed E-state index contributed by atoms with van der Waals surface area (Å²) in [6, 6.07) is 21.4. The Kier molecular flexibility index (Phi) is 7.24. The third-order valence-electron chi connectivity index (χ3n) is 4.10. The van der Waals surface area contributed by atoms with Crippen molar-refractivity contribution in [1.29, 1.82) is 10.5 Å². The molecule has 3 aromatic rings. The van der Waals surface area contributed by atoms with Gasteiger partial charge in [0.05, 0.1) is 30.4 Å². The molecule has 0 saturated carbocycles. The highest BCUT2D eigenvalue weighted by Gasteiger charge is 2.11. The van der Waals surface area contributed by atoms with Crippen LogP contribution in [0, 0.1) is 35.6 Å². The van der Waals surface area contributed by atoms with Gasteiger partial charge in [0.2, 0.25) is 0 Å². The van der Waals surface area contributed by atoms with Crippen LogP contribution in [-0.4, -0.2) is 0 Å². The van der Waals surface area contributed by atoms with Crippen molar-refractivity contribution < 1.29 is 9.13 Å². The number of halogens is 3. The number of benzene rings is 3. The standard InChI is InChI=1S/C23H13FI2N2O/c24-20-7-3-6-16(11-20)19(13-28)8-15-9-21(25)23(22(26)10-15)29-14-18-5-2-1-4-17(18)12-27/h1-11H,14H2/b19-8-. The predicted octanol–water partition coefficient (Wildman–Crippen LogP) is 6.55. The molecular weight excluding hydrogens is 593 g/mol. The minimum Gasteiger partial charge on any atom is -0.487 e. The molecule has 3 rings (SSSR count). The summed E-state index contributed by atoms with van der Waals surface area (Å²) < 4.78 is 21.2. The monoisotopic (exact) mass is 606 g/mol. The molecule has 3 aromatic carbocycles. The zero-order chi connectivity index (χ0) is 20.8. The normalized spacial score (nSPS) is 10.9. The van der Waals surface area contributed by atoms with Crippen LogP contribution in [0.15, 0.2) is 60.7 Å². The van der Waals surface area contributed by atoms with Crippen molar-refractivity contribution in [1.82, 2.24) is 0 Å². The van der Waals surface area contributed by atoms with Crippen LogP contribution in [0.5, 0.6) is 5.75 Å². The Balaban J connectivity index is 1.87. The van der Waals surface area contributed by atoms with Gasteiger partial charge in [0.25, 0.3) is 0 Å². The first-order valence-electron chi connectivity index (χ1n) is 8.49. The number of nitriles is 2. The summed E-state index contributed by atoms with van der Waals surface area (Å²) in [6.07, 6.45) is 1.73. The SMILES string of the molecule is N#C/C(=C/c1cc(I)c(OCc2ccccc2C#N)c(I)c1)c1cccc(F)c1. The molecule has 0 atom stereocenters. The topological polar surface area (TPSA) is 56.8 Å². The molecule has 0 aliphatic heterocycles. The molecule has 0 aromatic heterocycles. The van der Waals surface area contributed by atoms with Crippen molar-refractivity contribution in [2.45, 2.75) is 6.61 Å². The van der Waals surface area contributed by atoms with Crippen LogP contribution in [0.4, 0.5) is 4.39 Å². The number of hydrogen-bond donors (Lipinski definition) is 0. The second kappa shape index (κ2) is 9.86. The van der Waals surface area contributed by atoms with Gasteiger partial charge in [-0.25, -0.2) is 4.39 Å². The van der Waals surface area contributed by atoms with Crippen molar-refractivity contribution in [3.05, 3.63) is 95.9 Å². The van der Waals surface area contributed by atoms with Crippen molar-refractivity contribution >= 4 is 56.8 Å². The molecular formula is C23H13FI2N2O. The van der Waals surface area contributed by atoms with E-state index in [2.05, 4.69) is 57.3 Å². The Morgan fingerprint density at radius 1 is 1.00 bits per heavy atom. The summed E-state index contributed by atoms with van der Waals surface area (Å²) in [4.78, 5) is 0. The largest absolute Gasteiger partial charge is 0.487 e.